The fourth-order valence-corrected chi connectivity index (χ4v) is 4.03. The van der Waals surface area contributed by atoms with Gasteiger partial charge in [0.1, 0.15) is 11.4 Å². The van der Waals surface area contributed by atoms with Crippen LogP contribution in [0.4, 0.5) is 5.82 Å². The van der Waals surface area contributed by atoms with Crippen LogP contribution in [0.15, 0.2) is 45.7 Å². The molecule has 28 heavy (non-hydrogen) atoms. The maximum absolute atomic E-state index is 12.0. The zero-order chi connectivity index (χ0) is 19.7. The van der Waals surface area contributed by atoms with Gasteiger partial charge in [-0.25, -0.2) is 9.78 Å². The molecule has 0 bridgehead atoms. The molecule has 0 amide bonds. The van der Waals surface area contributed by atoms with E-state index in [9.17, 15) is 4.79 Å². The van der Waals surface area contributed by atoms with Crippen molar-refractivity contribution >= 4 is 40.0 Å². The molecule has 2 aromatic heterocycles. The number of aryl methyl sites for hydroxylation is 1. The number of anilines is 1. The third-order valence-electron chi connectivity index (χ3n) is 5.18. The van der Waals surface area contributed by atoms with Gasteiger partial charge in [-0.1, -0.05) is 30.1 Å². The van der Waals surface area contributed by atoms with Crippen LogP contribution in [0, 0.1) is 0 Å². The molecule has 7 heteroatoms. The number of hydrogen-bond donors (Lipinski definition) is 0. The van der Waals surface area contributed by atoms with Gasteiger partial charge in [0.15, 0.2) is 0 Å². The molecule has 3 aromatic rings. The van der Waals surface area contributed by atoms with E-state index < -0.39 is 0 Å². The van der Waals surface area contributed by atoms with E-state index in [1.165, 1.54) is 0 Å². The lowest BCUT2D eigenvalue weighted by molar-refractivity contribution is 0.249. The van der Waals surface area contributed by atoms with Crippen LogP contribution in [0.3, 0.4) is 0 Å². The summed E-state index contributed by atoms with van der Waals surface area (Å²) < 4.78 is 5.41. The van der Waals surface area contributed by atoms with Crippen molar-refractivity contribution < 1.29 is 4.42 Å². The summed E-state index contributed by atoms with van der Waals surface area (Å²) in [7, 11) is 0. The molecule has 0 unspecified atom stereocenters. The zero-order valence-corrected chi connectivity index (χ0v) is 17.1. The molecule has 1 saturated heterocycles. The van der Waals surface area contributed by atoms with E-state index in [0.717, 1.165) is 54.9 Å². The second-order valence-electron chi connectivity index (χ2n) is 6.98. The van der Waals surface area contributed by atoms with Crippen molar-refractivity contribution in [2.24, 2.45) is 0 Å². The van der Waals surface area contributed by atoms with E-state index in [0.29, 0.717) is 22.2 Å². The van der Waals surface area contributed by atoms with Gasteiger partial charge in [-0.3, -0.25) is 4.90 Å². The lowest BCUT2D eigenvalue weighted by Gasteiger charge is -2.35. The van der Waals surface area contributed by atoms with Gasteiger partial charge in [0.25, 0.3) is 0 Å². The van der Waals surface area contributed by atoms with Crippen molar-refractivity contribution in [3.63, 3.8) is 0 Å². The monoisotopic (exact) mass is 417 g/mol. The number of nitrogens with zero attached hydrogens (tertiary/aromatic N) is 3. The minimum atomic E-state index is -0.323. The van der Waals surface area contributed by atoms with Gasteiger partial charge in [-0.05, 0) is 41.8 Å². The molecule has 1 aliphatic heterocycles. The molecule has 0 radical (unpaired) electrons. The van der Waals surface area contributed by atoms with E-state index in [4.69, 9.17) is 27.6 Å². The van der Waals surface area contributed by atoms with Gasteiger partial charge >= 0.3 is 5.63 Å². The van der Waals surface area contributed by atoms with Crippen LogP contribution >= 0.6 is 23.2 Å². The average Bonchev–Trinajstić information content (AvgIpc) is 2.69. The number of hydrogen-bond acceptors (Lipinski definition) is 5. The maximum atomic E-state index is 12.0. The predicted octanol–water partition coefficient (Wildman–Crippen LogP) is 4.38. The Labute approximate surface area is 173 Å². The summed E-state index contributed by atoms with van der Waals surface area (Å²) in [6.45, 7) is 6.22. The minimum absolute atomic E-state index is 0.323. The first-order chi connectivity index (χ1) is 13.5. The topological polar surface area (TPSA) is 49.6 Å². The van der Waals surface area contributed by atoms with E-state index in [-0.39, 0.29) is 5.63 Å². The van der Waals surface area contributed by atoms with Crippen LogP contribution in [0.2, 0.25) is 10.0 Å². The van der Waals surface area contributed by atoms with Gasteiger partial charge in [0, 0.05) is 55.4 Å². The Bertz CT molecular complexity index is 1040. The normalized spacial score (nSPS) is 15.3. The number of aromatic nitrogens is 1. The molecule has 3 heterocycles. The third kappa shape index (κ3) is 4.02. The van der Waals surface area contributed by atoms with Crippen LogP contribution in [0.25, 0.3) is 11.0 Å². The third-order valence-corrected chi connectivity index (χ3v) is 5.76. The molecule has 0 aliphatic carbocycles. The fraction of sp³-hybridized carbons (Fsp3) is 0.333. The molecule has 5 nitrogen and oxygen atoms in total. The van der Waals surface area contributed by atoms with Gasteiger partial charge in [-0.2, -0.15) is 0 Å². The van der Waals surface area contributed by atoms with E-state index in [1.807, 2.05) is 31.2 Å². The molecule has 0 atom stereocenters. The van der Waals surface area contributed by atoms with Gasteiger partial charge < -0.3 is 9.32 Å². The van der Waals surface area contributed by atoms with E-state index in [2.05, 4.69) is 14.8 Å². The number of halogens is 2. The standard InChI is InChI=1S/C21H21Cl2N3O2/c1-2-14-9-19-17(11-18(14)23)15(10-21(27)28-19)13-25-5-7-26(8-6-25)20-4-3-16(22)12-24-20/h3-4,9-12H,2,5-8,13H2,1H3. The molecular formula is C21H21Cl2N3O2. The van der Waals surface area contributed by atoms with Crippen molar-refractivity contribution in [1.29, 1.82) is 0 Å². The highest BCUT2D eigenvalue weighted by atomic mass is 35.5. The Morgan fingerprint density at radius 2 is 1.86 bits per heavy atom. The number of benzene rings is 1. The second-order valence-corrected chi connectivity index (χ2v) is 7.83. The van der Waals surface area contributed by atoms with Crippen molar-refractivity contribution in [3.05, 3.63) is 68.1 Å². The fourth-order valence-electron chi connectivity index (χ4n) is 3.62. The predicted molar refractivity (Wildman–Crippen MR) is 114 cm³/mol. The summed E-state index contributed by atoms with van der Waals surface area (Å²) in [5, 5.41) is 2.26. The van der Waals surface area contributed by atoms with Crippen LogP contribution in [0.1, 0.15) is 18.1 Å². The smallest absolute Gasteiger partial charge is 0.336 e. The molecule has 0 N–H and O–H groups in total. The van der Waals surface area contributed by atoms with Crippen molar-refractivity contribution in [3.8, 4) is 0 Å². The molecule has 146 valence electrons. The minimum Gasteiger partial charge on any atom is -0.423 e. The van der Waals surface area contributed by atoms with Crippen molar-refractivity contribution in [2.75, 3.05) is 31.1 Å². The summed E-state index contributed by atoms with van der Waals surface area (Å²) in [5.41, 5.74) is 2.22. The highest BCUT2D eigenvalue weighted by Crippen LogP contribution is 2.27. The Kier molecular flexibility index (Phi) is 5.58. The summed E-state index contributed by atoms with van der Waals surface area (Å²) in [5.74, 6) is 0.939. The molecular weight excluding hydrogens is 397 g/mol. The quantitative estimate of drug-likeness (QED) is 0.589. The maximum Gasteiger partial charge on any atom is 0.336 e. The molecule has 1 aliphatic rings. The van der Waals surface area contributed by atoms with Crippen LogP contribution in [-0.4, -0.2) is 36.1 Å². The van der Waals surface area contributed by atoms with Crippen LogP contribution in [0.5, 0.6) is 0 Å². The number of piperazine rings is 1. The Morgan fingerprint density at radius 3 is 2.54 bits per heavy atom. The van der Waals surface area contributed by atoms with Crippen LogP contribution in [-0.2, 0) is 13.0 Å². The van der Waals surface area contributed by atoms with E-state index >= 15 is 0 Å². The average molecular weight is 418 g/mol. The first-order valence-corrected chi connectivity index (χ1v) is 10.1. The summed E-state index contributed by atoms with van der Waals surface area (Å²) >= 11 is 12.3. The highest BCUT2D eigenvalue weighted by molar-refractivity contribution is 6.32. The highest BCUT2D eigenvalue weighted by Gasteiger charge is 2.19. The molecule has 1 fully saturated rings. The van der Waals surface area contributed by atoms with Gasteiger partial charge in [0.05, 0.1) is 5.02 Å². The molecule has 4 rings (SSSR count). The Balaban J connectivity index is 1.52. The Hall–Kier alpha value is -2.08. The molecule has 0 spiro atoms. The van der Waals surface area contributed by atoms with Gasteiger partial charge in [0.2, 0.25) is 0 Å². The first-order valence-electron chi connectivity index (χ1n) is 9.37. The number of rotatable bonds is 4. The second kappa shape index (κ2) is 8.11. The SMILES string of the molecule is CCc1cc2oc(=O)cc(CN3CCN(c4ccc(Cl)cn4)CC3)c2cc1Cl. The molecule has 0 saturated carbocycles. The summed E-state index contributed by atoms with van der Waals surface area (Å²) in [4.78, 5) is 21.0. The lowest BCUT2D eigenvalue weighted by Crippen LogP contribution is -2.46. The first kappa shape index (κ1) is 19.2. The number of fused-ring (bicyclic) bond motifs is 1. The lowest BCUT2D eigenvalue weighted by atomic mass is 10.1. The van der Waals surface area contributed by atoms with E-state index in [1.54, 1.807) is 12.3 Å². The summed E-state index contributed by atoms with van der Waals surface area (Å²) in [6, 6.07) is 9.19. The molecule has 1 aromatic carbocycles. The van der Waals surface area contributed by atoms with Crippen molar-refractivity contribution in [1.82, 2.24) is 9.88 Å². The zero-order valence-electron chi connectivity index (χ0n) is 15.6. The Morgan fingerprint density at radius 1 is 1.07 bits per heavy atom. The van der Waals surface area contributed by atoms with Crippen LogP contribution < -0.4 is 10.5 Å². The summed E-state index contributed by atoms with van der Waals surface area (Å²) in [6.07, 6.45) is 2.47. The van der Waals surface area contributed by atoms with Gasteiger partial charge in [-0.15, -0.1) is 0 Å². The largest absolute Gasteiger partial charge is 0.423 e. The number of pyridine rings is 1. The van der Waals surface area contributed by atoms with Crippen molar-refractivity contribution in [2.45, 2.75) is 19.9 Å².